The van der Waals surface area contributed by atoms with Crippen LogP contribution in [0.5, 0.6) is 0 Å². The topological polar surface area (TPSA) is 49.4 Å². The van der Waals surface area contributed by atoms with E-state index in [4.69, 9.17) is 23.2 Å². The third-order valence-corrected chi connectivity index (χ3v) is 4.29. The van der Waals surface area contributed by atoms with Crippen molar-refractivity contribution >= 4 is 56.6 Å². The van der Waals surface area contributed by atoms with Gasteiger partial charge in [0, 0.05) is 16.5 Å². The lowest BCUT2D eigenvalue weighted by Gasteiger charge is -2.18. The van der Waals surface area contributed by atoms with E-state index in [1.165, 1.54) is 18.0 Å². The summed E-state index contributed by atoms with van der Waals surface area (Å²) in [5.41, 5.74) is 0.898. The number of benzene rings is 2. The van der Waals surface area contributed by atoms with Gasteiger partial charge in [-0.2, -0.15) is 0 Å². The fourth-order valence-electron chi connectivity index (χ4n) is 1.91. The maximum Gasteiger partial charge on any atom is 0.255 e. The summed E-state index contributed by atoms with van der Waals surface area (Å²) >= 11 is 15.2. The molecule has 0 fully saturated rings. The van der Waals surface area contributed by atoms with E-state index in [0.29, 0.717) is 10.7 Å². The van der Waals surface area contributed by atoms with Gasteiger partial charge in [0.25, 0.3) is 5.91 Å². The highest BCUT2D eigenvalue weighted by Gasteiger charge is 2.18. The number of likely N-dealkylation sites (N-methyl/N-ethyl adjacent to an activating group) is 1. The Morgan fingerprint density at radius 3 is 2.57 bits per heavy atom. The molecule has 120 valence electrons. The van der Waals surface area contributed by atoms with Crippen molar-refractivity contribution < 1.29 is 9.59 Å². The van der Waals surface area contributed by atoms with Gasteiger partial charge in [-0.3, -0.25) is 9.59 Å². The molecule has 0 aliphatic rings. The molecule has 0 aliphatic heterocycles. The first kappa shape index (κ1) is 17.8. The zero-order valence-corrected chi connectivity index (χ0v) is 15.2. The molecule has 0 radical (unpaired) electrons. The summed E-state index contributed by atoms with van der Waals surface area (Å²) in [6.45, 7) is -0.108. The van der Waals surface area contributed by atoms with E-state index in [9.17, 15) is 9.59 Å². The number of carbonyl (C=O) groups is 2. The van der Waals surface area contributed by atoms with Crippen LogP contribution in [0.4, 0.5) is 5.69 Å². The number of hydrogen-bond acceptors (Lipinski definition) is 2. The third kappa shape index (κ3) is 4.70. The summed E-state index contributed by atoms with van der Waals surface area (Å²) in [6, 6.07) is 11.9. The molecule has 7 heteroatoms. The number of hydrogen-bond donors (Lipinski definition) is 1. The van der Waals surface area contributed by atoms with Crippen LogP contribution in [0.25, 0.3) is 0 Å². The average Bonchev–Trinajstić information content (AvgIpc) is 2.51. The molecular weight excluding hydrogens is 403 g/mol. The van der Waals surface area contributed by atoms with Crippen molar-refractivity contribution in [3.05, 3.63) is 62.5 Å². The van der Waals surface area contributed by atoms with Crippen LogP contribution in [0.3, 0.4) is 0 Å². The van der Waals surface area contributed by atoms with Crippen LogP contribution in [0.2, 0.25) is 10.0 Å². The minimum atomic E-state index is -0.375. The van der Waals surface area contributed by atoms with E-state index in [1.54, 1.807) is 24.3 Å². The fourth-order valence-corrected chi connectivity index (χ4v) is 2.66. The highest BCUT2D eigenvalue weighted by Crippen LogP contribution is 2.23. The molecule has 0 heterocycles. The Hall–Kier alpha value is -1.56. The quantitative estimate of drug-likeness (QED) is 0.800. The van der Waals surface area contributed by atoms with Gasteiger partial charge in [-0.1, -0.05) is 35.3 Å². The highest BCUT2D eigenvalue weighted by molar-refractivity contribution is 9.10. The number of halogens is 3. The zero-order chi connectivity index (χ0) is 17.0. The van der Waals surface area contributed by atoms with Gasteiger partial charge in [-0.05, 0) is 46.3 Å². The molecule has 23 heavy (non-hydrogen) atoms. The molecule has 0 bridgehead atoms. The first-order chi connectivity index (χ1) is 10.9. The summed E-state index contributed by atoms with van der Waals surface area (Å²) in [5, 5.41) is 3.43. The Balaban J connectivity index is 2.05. The predicted octanol–water partition coefficient (Wildman–Crippen LogP) is 4.47. The van der Waals surface area contributed by atoms with Crippen LogP contribution in [0, 0.1) is 0 Å². The lowest BCUT2D eigenvalue weighted by molar-refractivity contribution is -0.116. The van der Waals surface area contributed by atoms with Crippen molar-refractivity contribution in [3.8, 4) is 0 Å². The van der Waals surface area contributed by atoms with Crippen molar-refractivity contribution in [2.24, 2.45) is 0 Å². The third-order valence-electron chi connectivity index (χ3n) is 3.03. The Morgan fingerprint density at radius 1 is 1.17 bits per heavy atom. The van der Waals surface area contributed by atoms with Gasteiger partial charge in [0.15, 0.2) is 0 Å². The van der Waals surface area contributed by atoms with Gasteiger partial charge in [0.1, 0.15) is 0 Å². The van der Waals surface area contributed by atoms with Crippen molar-refractivity contribution in [2.75, 3.05) is 18.9 Å². The number of nitrogens with one attached hydrogen (secondary N) is 1. The molecule has 2 aromatic carbocycles. The van der Waals surface area contributed by atoms with E-state index in [1.807, 2.05) is 12.1 Å². The fraction of sp³-hybridized carbons (Fsp3) is 0.125. The van der Waals surface area contributed by atoms with Crippen LogP contribution in [-0.2, 0) is 4.79 Å². The van der Waals surface area contributed by atoms with Gasteiger partial charge >= 0.3 is 0 Å². The van der Waals surface area contributed by atoms with Crippen LogP contribution in [-0.4, -0.2) is 30.3 Å². The normalized spacial score (nSPS) is 10.3. The maximum atomic E-state index is 12.4. The molecule has 0 atom stereocenters. The number of nitrogens with zero attached hydrogens (tertiary/aromatic N) is 1. The zero-order valence-electron chi connectivity index (χ0n) is 12.1. The Morgan fingerprint density at radius 2 is 1.87 bits per heavy atom. The van der Waals surface area contributed by atoms with E-state index < -0.39 is 0 Å². The molecule has 4 nitrogen and oxygen atoms in total. The summed E-state index contributed by atoms with van der Waals surface area (Å²) in [4.78, 5) is 25.7. The number of rotatable bonds is 4. The highest BCUT2D eigenvalue weighted by atomic mass is 79.9. The molecule has 0 aromatic heterocycles. The van der Waals surface area contributed by atoms with Crippen molar-refractivity contribution in [2.45, 2.75) is 0 Å². The van der Waals surface area contributed by atoms with Gasteiger partial charge < -0.3 is 10.2 Å². The van der Waals surface area contributed by atoms with Crippen molar-refractivity contribution in [1.29, 1.82) is 0 Å². The van der Waals surface area contributed by atoms with Gasteiger partial charge in [0.2, 0.25) is 5.91 Å². The van der Waals surface area contributed by atoms with E-state index in [2.05, 4.69) is 21.2 Å². The van der Waals surface area contributed by atoms with Gasteiger partial charge in [-0.25, -0.2) is 0 Å². The number of amides is 2. The molecule has 0 unspecified atom stereocenters. The minimum Gasteiger partial charge on any atom is -0.332 e. The Labute approximate surface area is 152 Å². The largest absolute Gasteiger partial charge is 0.332 e. The van der Waals surface area contributed by atoms with Crippen LogP contribution in [0.1, 0.15) is 10.4 Å². The van der Waals surface area contributed by atoms with E-state index in [-0.39, 0.29) is 28.9 Å². The first-order valence-corrected chi connectivity index (χ1v) is 8.18. The molecule has 2 aromatic rings. The minimum absolute atomic E-state index is 0.108. The molecular formula is C16H13BrCl2N2O2. The second kappa shape index (κ2) is 7.81. The molecule has 0 saturated heterocycles. The number of carbonyl (C=O) groups excluding carboxylic acids is 2. The smallest absolute Gasteiger partial charge is 0.255 e. The molecule has 2 amide bonds. The maximum absolute atomic E-state index is 12.4. The summed E-state index contributed by atoms with van der Waals surface area (Å²) < 4.78 is 0.764. The molecule has 0 spiro atoms. The van der Waals surface area contributed by atoms with Crippen LogP contribution < -0.4 is 5.32 Å². The summed E-state index contributed by atoms with van der Waals surface area (Å²) in [5.74, 6) is -0.689. The lowest BCUT2D eigenvalue weighted by Crippen LogP contribution is -2.35. The second-order valence-electron chi connectivity index (χ2n) is 4.81. The molecule has 2 rings (SSSR count). The Bertz CT molecular complexity index is 753. The molecule has 0 aliphatic carbocycles. The standard InChI is InChI=1S/C16H13BrCl2N2O2/c1-21(16(23)11-8-10(18)6-7-13(11)19)9-15(22)20-14-5-3-2-4-12(14)17/h2-8H,9H2,1H3,(H,20,22). The summed E-state index contributed by atoms with van der Waals surface area (Å²) in [6.07, 6.45) is 0. The number of anilines is 1. The van der Waals surface area contributed by atoms with Gasteiger partial charge in [-0.15, -0.1) is 0 Å². The van der Waals surface area contributed by atoms with E-state index in [0.717, 1.165) is 4.47 Å². The molecule has 0 saturated carbocycles. The average molecular weight is 416 g/mol. The lowest BCUT2D eigenvalue weighted by atomic mass is 10.2. The van der Waals surface area contributed by atoms with Gasteiger partial charge in [0.05, 0.1) is 22.8 Å². The van der Waals surface area contributed by atoms with Crippen molar-refractivity contribution in [3.63, 3.8) is 0 Å². The first-order valence-electron chi connectivity index (χ1n) is 6.63. The monoisotopic (exact) mass is 414 g/mol. The predicted molar refractivity (Wildman–Crippen MR) is 96.2 cm³/mol. The van der Waals surface area contributed by atoms with Crippen LogP contribution in [0.15, 0.2) is 46.9 Å². The second-order valence-corrected chi connectivity index (χ2v) is 6.51. The molecule has 1 N–H and O–H groups in total. The van der Waals surface area contributed by atoms with Crippen molar-refractivity contribution in [1.82, 2.24) is 4.90 Å². The SMILES string of the molecule is CN(CC(=O)Nc1ccccc1Br)C(=O)c1cc(Cl)ccc1Cl. The van der Waals surface area contributed by atoms with E-state index >= 15 is 0 Å². The Kier molecular flexibility index (Phi) is 6.04. The van der Waals surface area contributed by atoms with Crippen LogP contribution >= 0.6 is 39.1 Å². The number of para-hydroxylation sites is 1. The summed E-state index contributed by atoms with van der Waals surface area (Å²) in [7, 11) is 1.53.